The maximum absolute atomic E-state index is 12.6. The van der Waals surface area contributed by atoms with Gasteiger partial charge >= 0.3 is 5.97 Å². The van der Waals surface area contributed by atoms with Crippen molar-refractivity contribution in [2.45, 2.75) is 12.5 Å². The molecule has 0 saturated carbocycles. The second kappa shape index (κ2) is 8.19. The molecule has 0 aliphatic carbocycles. The summed E-state index contributed by atoms with van der Waals surface area (Å²) < 4.78 is 10.4. The molecular formula is C16H16N2O6S2. The molecule has 1 aromatic rings. The van der Waals surface area contributed by atoms with Crippen LogP contribution in [0.15, 0.2) is 23.1 Å². The van der Waals surface area contributed by atoms with Crippen molar-refractivity contribution in [1.82, 2.24) is 4.90 Å². The Balaban J connectivity index is 2.37. The highest BCUT2D eigenvalue weighted by Crippen LogP contribution is 2.36. The first-order valence-corrected chi connectivity index (χ1v) is 8.51. The first-order valence-electron chi connectivity index (χ1n) is 7.28. The van der Waals surface area contributed by atoms with Crippen molar-refractivity contribution in [2.24, 2.45) is 5.73 Å². The minimum atomic E-state index is -1.44. The average Bonchev–Trinajstić information content (AvgIpc) is 2.86. The van der Waals surface area contributed by atoms with Gasteiger partial charge in [-0.15, -0.1) is 0 Å². The van der Waals surface area contributed by atoms with E-state index in [1.54, 1.807) is 24.3 Å². The van der Waals surface area contributed by atoms with Gasteiger partial charge in [0, 0.05) is 11.6 Å². The maximum Gasteiger partial charge on any atom is 0.327 e. The van der Waals surface area contributed by atoms with Crippen LogP contribution in [0.4, 0.5) is 0 Å². The third kappa shape index (κ3) is 4.14. The van der Waals surface area contributed by atoms with Gasteiger partial charge in [-0.1, -0.05) is 24.0 Å². The SMILES string of the molecule is COc1ccc(/C=C2\SC(=S)N([C@H](CC(N)=O)C(=O)O)C2=O)c(OC)c1. The number of hydrogen-bond acceptors (Lipinski definition) is 7. The Hall–Kier alpha value is -2.59. The van der Waals surface area contributed by atoms with Crippen LogP contribution in [-0.2, 0) is 14.4 Å². The molecule has 1 aliphatic heterocycles. The number of ether oxygens (including phenoxy) is 2. The number of nitrogens with zero attached hydrogens (tertiary/aromatic N) is 1. The van der Waals surface area contributed by atoms with Crippen molar-refractivity contribution in [3.05, 3.63) is 28.7 Å². The van der Waals surface area contributed by atoms with Gasteiger partial charge in [-0.25, -0.2) is 4.79 Å². The number of carbonyl (C=O) groups excluding carboxylic acids is 2. The summed E-state index contributed by atoms with van der Waals surface area (Å²) >= 11 is 6.07. The van der Waals surface area contributed by atoms with Gasteiger partial charge in [-0.3, -0.25) is 14.5 Å². The Morgan fingerprint density at radius 3 is 2.62 bits per heavy atom. The van der Waals surface area contributed by atoms with E-state index in [1.807, 2.05) is 0 Å². The molecule has 8 nitrogen and oxygen atoms in total. The van der Waals surface area contributed by atoms with Crippen molar-refractivity contribution in [3.8, 4) is 11.5 Å². The highest BCUT2D eigenvalue weighted by molar-refractivity contribution is 8.26. The van der Waals surface area contributed by atoms with Gasteiger partial charge < -0.3 is 20.3 Å². The quantitative estimate of drug-likeness (QED) is 0.522. The number of primary amides is 1. The Bertz CT molecular complexity index is 808. The van der Waals surface area contributed by atoms with E-state index in [0.717, 1.165) is 16.7 Å². The van der Waals surface area contributed by atoms with Gasteiger partial charge in [-0.05, 0) is 18.2 Å². The summed E-state index contributed by atoms with van der Waals surface area (Å²) in [5.41, 5.74) is 5.67. The second-order valence-corrected chi connectivity index (χ2v) is 6.86. The summed E-state index contributed by atoms with van der Waals surface area (Å²) in [6.45, 7) is 0. The van der Waals surface area contributed by atoms with Crippen LogP contribution >= 0.6 is 24.0 Å². The molecule has 0 bridgehead atoms. The van der Waals surface area contributed by atoms with Crippen LogP contribution < -0.4 is 15.2 Å². The predicted octanol–water partition coefficient (Wildman–Crippen LogP) is 1.23. The highest BCUT2D eigenvalue weighted by atomic mass is 32.2. The lowest BCUT2D eigenvalue weighted by Crippen LogP contribution is -2.46. The topological polar surface area (TPSA) is 119 Å². The normalized spacial score (nSPS) is 16.7. The third-order valence-corrected chi connectivity index (χ3v) is 4.87. The number of nitrogens with two attached hydrogens (primary N) is 1. The lowest BCUT2D eigenvalue weighted by molar-refractivity contribution is -0.146. The number of carboxylic acid groups (broad SMARTS) is 1. The largest absolute Gasteiger partial charge is 0.497 e. The molecule has 138 valence electrons. The molecule has 26 heavy (non-hydrogen) atoms. The Morgan fingerprint density at radius 1 is 1.38 bits per heavy atom. The number of benzene rings is 1. The summed E-state index contributed by atoms with van der Waals surface area (Å²) in [6.07, 6.45) is 1.02. The Morgan fingerprint density at radius 2 is 2.08 bits per heavy atom. The lowest BCUT2D eigenvalue weighted by atomic mass is 10.1. The molecule has 2 amide bonds. The lowest BCUT2D eigenvalue weighted by Gasteiger charge is -2.21. The summed E-state index contributed by atoms with van der Waals surface area (Å²) in [5.74, 6) is -1.75. The van der Waals surface area contributed by atoms with Gasteiger partial charge in [0.15, 0.2) is 0 Å². The molecule has 1 heterocycles. The number of methoxy groups -OCH3 is 2. The molecule has 1 aliphatic rings. The van der Waals surface area contributed by atoms with Gasteiger partial charge in [0.05, 0.1) is 25.5 Å². The molecular weight excluding hydrogens is 380 g/mol. The van der Waals surface area contributed by atoms with Crippen LogP contribution in [0.25, 0.3) is 6.08 Å². The van der Waals surface area contributed by atoms with E-state index in [0.29, 0.717) is 17.1 Å². The number of thioether (sulfide) groups is 1. The molecule has 0 radical (unpaired) electrons. The van der Waals surface area contributed by atoms with Crippen LogP contribution in [0.5, 0.6) is 11.5 Å². The molecule has 1 saturated heterocycles. The van der Waals surface area contributed by atoms with Crippen molar-refractivity contribution in [1.29, 1.82) is 0 Å². The van der Waals surface area contributed by atoms with E-state index in [1.165, 1.54) is 14.2 Å². The Kier molecular flexibility index (Phi) is 6.22. The van der Waals surface area contributed by atoms with E-state index >= 15 is 0 Å². The van der Waals surface area contributed by atoms with Crippen molar-refractivity contribution >= 4 is 52.2 Å². The molecule has 0 unspecified atom stereocenters. The van der Waals surface area contributed by atoms with E-state index < -0.39 is 30.2 Å². The summed E-state index contributed by atoms with van der Waals surface area (Å²) in [5, 5.41) is 9.31. The fraction of sp³-hybridized carbons (Fsp3) is 0.250. The first kappa shape index (κ1) is 19.7. The summed E-state index contributed by atoms with van der Waals surface area (Å²) in [7, 11) is 3.00. The molecule has 2 rings (SSSR count). The fourth-order valence-corrected chi connectivity index (χ4v) is 3.65. The van der Waals surface area contributed by atoms with E-state index in [9.17, 15) is 19.5 Å². The van der Waals surface area contributed by atoms with Gasteiger partial charge in [0.25, 0.3) is 5.91 Å². The van der Waals surface area contributed by atoms with Crippen LogP contribution in [0, 0.1) is 0 Å². The predicted molar refractivity (Wildman–Crippen MR) is 99.8 cm³/mol. The number of carboxylic acids is 1. The number of carbonyl (C=O) groups is 3. The van der Waals surface area contributed by atoms with E-state index in [4.69, 9.17) is 27.4 Å². The third-order valence-electron chi connectivity index (χ3n) is 3.54. The number of amides is 2. The van der Waals surface area contributed by atoms with E-state index in [-0.39, 0.29) is 9.23 Å². The minimum Gasteiger partial charge on any atom is -0.497 e. The number of rotatable bonds is 7. The first-order chi connectivity index (χ1) is 12.3. The molecule has 0 spiro atoms. The zero-order valence-electron chi connectivity index (χ0n) is 13.9. The zero-order valence-corrected chi connectivity index (χ0v) is 15.6. The highest BCUT2D eigenvalue weighted by Gasteiger charge is 2.41. The van der Waals surface area contributed by atoms with Crippen molar-refractivity contribution < 1.29 is 29.0 Å². The van der Waals surface area contributed by atoms with Gasteiger partial charge in [0.2, 0.25) is 5.91 Å². The van der Waals surface area contributed by atoms with Crippen LogP contribution in [0.2, 0.25) is 0 Å². The van der Waals surface area contributed by atoms with Gasteiger partial charge in [0.1, 0.15) is 21.9 Å². The standard InChI is InChI=1S/C16H16N2O6S2/c1-23-9-4-3-8(11(6-9)24-2)5-12-14(20)18(16(25)26-12)10(15(21)22)7-13(17)19/h3-6,10H,7H2,1-2H3,(H2,17,19)(H,21,22)/b12-5-/t10-/m1/s1. The molecule has 1 aromatic carbocycles. The van der Waals surface area contributed by atoms with Crippen molar-refractivity contribution in [2.75, 3.05) is 14.2 Å². The number of thiocarbonyl (C=S) groups is 1. The minimum absolute atomic E-state index is 0.0439. The van der Waals surface area contributed by atoms with E-state index in [2.05, 4.69) is 0 Å². The molecule has 1 atom stereocenters. The number of hydrogen-bond donors (Lipinski definition) is 2. The fourth-order valence-electron chi connectivity index (χ4n) is 2.31. The number of aliphatic carboxylic acids is 1. The zero-order chi connectivity index (χ0) is 19.4. The van der Waals surface area contributed by atoms with Crippen LogP contribution in [0.1, 0.15) is 12.0 Å². The summed E-state index contributed by atoms with van der Waals surface area (Å²) in [6, 6.07) is 3.60. The molecule has 1 fully saturated rings. The van der Waals surface area contributed by atoms with Crippen molar-refractivity contribution in [3.63, 3.8) is 0 Å². The smallest absolute Gasteiger partial charge is 0.327 e. The van der Waals surface area contributed by atoms with Crippen LogP contribution in [-0.4, -0.2) is 52.4 Å². The summed E-state index contributed by atoms with van der Waals surface area (Å²) in [4.78, 5) is 36.3. The second-order valence-electron chi connectivity index (χ2n) is 5.18. The Labute approximate surface area is 158 Å². The molecule has 3 N–H and O–H groups in total. The average molecular weight is 396 g/mol. The molecule has 10 heteroatoms. The molecule has 0 aromatic heterocycles. The maximum atomic E-state index is 12.6. The van der Waals surface area contributed by atoms with Gasteiger partial charge in [-0.2, -0.15) is 0 Å². The monoisotopic (exact) mass is 396 g/mol. The van der Waals surface area contributed by atoms with Crippen LogP contribution in [0.3, 0.4) is 0 Å².